The molecular formula is C15H28N2O. The average Bonchev–Trinajstić information content (AvgIpc) is 2.63. The van der Waals surface area contributed by atoms with Crippen molar-refractivity contribution in [3.05, 3.63) is 0 Å². The Morgan fingerprint density at radius 3 is 2.67 bits per heavy atom. The minimum Gasteiger partial charge on any atom is -0.342 e. The van der Waals surface area contributed by atoms with Gasteiger partial charge >= 0.3 is 0 Å². The van der Waals surface area contributed by atoms with Crippen LogP contribution in [-0.2, 0) is 4.79 Å². The van der Waals surface area contributed by atoms with Gasteiger partial charge in [0.05, 0.1) is 5.41 Å². The van der Waals surface area contributed by atoms with E-state index in [-0.39, 0.29) is 5.41 Å². The molecule has 0 bridgehead atoms. The Balaban J connectivity index is 2.03. The Morgan fingerprint density at radius 2 is 2.00 bits per heavy atom. The summed E-state index contributed by atoms with van der Waals surface area (Å²) in [5, 5.41) is 3.38. The topological polar surface area (TPSA) is 32.3 Å². The van der Waals surface area contributed by atoms with E-state index in [0.717, 1.165) is 51.4 Å². The summed E-state index contributed by atoms with van der Waals surface area (Å²) in [7, 11) is 0. The average molecular weight is 252 g/mol. The Morgan fingerprint density at radius 1 is 1.28 bits per heavy atom. The predicted octanol–water partition coefficient (Wildman–Crippen LogP) is 2.41. The maximum Gasteiger partial charge on any atom is 0.228 e. The molecule has 2 rings (SSSR count). The second-order valence-corrected chi connectivity index (χ2v) is 6.21. The van der Waals surface area contributed by atoms with Crippen LogP contribution in [0.3, 0.4) is 0 Å². The van der Waals surface area contributed by atoms with Crippen molar-refractivity contribution in [2.45, 2.75) is 52.4 Å². The molecule has 1 N–H and O–H groups in total. The molecule has 0 aliphatic carbocycles. The Kier molecular flexibility index (Phi) is 4.66. The van der Waals surface area contributed by atoms with Gasteiger partial charge in [-0.25, -0.2) is 0 Å². The van der Waals surface area contributed by atoms with Crippen LogP contribution in [0.1, 0.15) is 52.4 Å². The van der Waals surface area contributed by atoms with Crippen LogP contribution in [0, 0.1) is 11.3 Å². The summed E-state index contributed by atoms with van der Waals surface area (Å²) in [5.74, 6) is 1.23. The first kappa shape index (κ1) is 13.9. The van der Waals surface area contributed by atoms with Gasteiger partial charge in [-0.3, -0.25) is 4.79 Å². The van der Waals surface area contributed by atoms with Crippen LogP contribution in [0.25, 0.3) is 0 Å². The number of hydrogen-bond acceptors (Lipinski definition) is 2. The van der Waals surface area contributed by atoms with Crippen molar-refractivity contribution >= 4 is 5.91 Å². The maximum absolute atomic E-state index is 12.9. The highest BCUT2D eigenvalue weighted by atomic mass is 16.2. The number of carbonyl (C=O) groups is 1. The van der Waals surface area contributed by atoms with Crippen LogP contribution in [-0.4, -0.2) is 37.0 Å². The van der Waals surface area contributed by atoms with E-state index in [9.17, 15) is 4.79 Å². The monoisotopic (exact) mass is 252 g/mol. The van der Waals surface area contributed by atoms with Gasteiger partial charge in [0.2, 0.25) is 5.91 Å². The highest BCUT2D eigenvalue weighted by Gasteiger charge is 2.40. The quantitative estimate of drug-likeness (QED) is 0.818. The first-order valence-electron chi connectivity index (χ1n) is 7.68. The van der Waals surface area contributed by atoms with Crippen molar-refractivity contribution in [2.75, 3.05) is 26.2 Å². The van der Waals surface area contributed by atoms with Crippen molar-refractivity contribution in [3.8, 4) is 0 Å². The first-order chi connectivity index (χ1) is 8.68. The van der Waals surface area contributed by atoms with Gasteiger partial charge in [0.25, 0.3) is 0 Å². The molecule has 0 saturated carbocycles. The number of amides is 1. The number of carbonyl (C=O) groups excluding carboxylic acids is 1. The third-order valence-electron chi connectivity index (χ3n) is 5.00. The van der Waals surface area contributed by atoms with Crippen molar-refractivity contribution in [2.24, 2.45) is 11.3 Å². The van der Waals surface area contributed by atoms with Crippen LogP contribution >= 0.6 is 0 Å². The van der Waals surface area contributed by atoms with E-state index in [1.165, 1.54) is 19.3 Å². The highest BCUT2D eigenvalue weighted by molar-refractivity contribution is 5.83. The van der Waals surface area contributed by atoms with Crippen molar-refractivity contribution in [3.63, 3.8) is 0 Å². The molecule has 18 heavy (non-hydrogen) atoms. The van der Waals surface area contributed by atoms with Gasteiger partial charge in [-0.15, -0.1) is 0 Å². The van der Waals surface area contributed by atoms with E-state index in [0.29, 0.717) is 5.91 Å². The van der Waals surface area contributed by atoms with E-state index in [1.807, 2.05) is 0 Å². The number of nitrogens with zero attached hydrogens (tertiary/aromatic N) is 1. The zero-order valence-electron chi connectivity index (χ0n) is 12.0. The Labute approximate surface area is 111 Å². The molecule has 1 unspecified atom stereocenters. The third kappa shape index (κ3) is 2.87. The standard InChI is InChI=1S/C15H28N2O/c1-3-15(7-9-16-10-8-15)14(18)17-11-4-5-13(2)6-12-17/h13,16H,3-12H2,1-2H3. The normalized spacial score (nSPS) is 28.8. The van der Waals surface area contributed by atoms with Gasteiger partial charge in [-0.2, -0.15) is 0 Å². The lowest BCUT2D eigenvalue weighted by molar-refractivity contribution is -0.144. The van der Waals surface area contributed by atoms with E-state index < -0.39 is 0 Å². The van der Waals surface area contributed by atoms with E-state index in [1.54, 1.807) is 0 Å². The molecule has 0 spiro atoms. The molecule has 3 heteroatoms. The SMILES string of the molecule is CCC1(C(=O)N2CCCC(C)CC2)CCNCC1. The molecule has 3 nitrogen and oxygen atoms in total. The molecule has 0 aromatic rings. The number of piperidine rings is 1. The minimum atomic E-state index is -0.0567. The van der Waals surface area contributed by atoms with Gasteiger partial charge in [0.15, 0.2) is 0 Å². The second-order valence-electron chi connectivity index (χ2n) is 6.21. The lowest BCUT2D eigenvalue weighted by atomic mass is 9.75. The highest BCUT2D eigenvalue weighted by Crippen LogP contribution is 2.35. The summed E-state index contributed by atoms with van der Waals surface area (Å²) in [6.07, 6.45) is 6.70. The Bertz CT molecular complexity index is 284. The number of nitrogens with one attached hydrogen (secondary N) is 1. The zero-order chi connectivity index (χ0) is 13.0. The fraction of sp³-hybridized carbons (Fsp3) is 0.933. The molecule has 2 saturated heterocycles. The van der Waals surface area contributed by atoms with Gasteiger partial charge in [-0.1, -0.05) is 13.8 Å². The molecule has 104 valence electrons. The Hall–Kier alpha value is -0.570. The van der Waals surface area contributed by atoms with Gasteiger partial charge in [0, 0.05) is 13.1 Å². The van der Waals surface area contributed by atoms with Gasteiger partial charge in [0.1, 0.15) is 0 Å². The smallest absolute Gasteiger partial charge is 0.228 e. The van der Waals surface area contributed by atoms with Gasteiger partial charge in [-0.05, 0) is 57.5 Å². The molecule has 2 aliphatic rings. The lowest BCUT2D eigenvalue weighted by Crippen LogP contribution is -2.49. The molecule has 2 heterocycles. The zero-order valence-corrected chi connectivity index (χ0v) is 12.0. The van der Waals surface area contributed by atoms with Crippen LogP contribution in [0.2, 0.25) is 0 Å². The molecule has 1 atom stereocenters. The minimum absolute atomic E-state index is 0.0567. The fourth-order valence-corrected chi connectivity index (χ4v) is 3.43. The van der Waals surface area contributed by atoms with Gasteiger partial charge < -0.3 is 10.2 Å². The largest absolute Gasteiger partial charge is 0.342 e. The fourth-order valence-electron chi connectivity index (χ4n) is 3.43. The molecule has 2 aliphatic heterocycles. The summed E-state index contributed by atoms with van der Waals surface area (Å²) in [6, 6.07) is 0. The van der Waals surface area contributed by atoms with E-state index in [4.69, 9.17) is 0 Å². The van der Waals surface area contributed by atoms with Crippen molar-refractivity contribution in [1.82, 2.24) is 10.2 Å². The lowest BCUT2D eigenvalue weighted by Gasteiger charge is -2.39. The molecule has 0 aromatic carbocycles. The van der Waals surface area contributed by atoms with E-state index in [2.05, 4.69) is 24.1 Å². The number of likely N-dealkylation sites (tertiary alicyclic amines) is 1. The van der Waals surface area contributed by atoms with Crippen LogP contribution in [0.5, 0.6) is 0 Å². The third-order valence-corrected chi connectivity index (χ3v) is 5.00. The summed E-state index contributed by atoms with van der Waals surface area (Å²) in [5.41, 5.74) is -0.0567. The molecule has 0 radical (unpaired) electrons. The van der Waals surface area contributed by atoms with Crippen LogP contribution in [0.15, 0.2) is 0 Å². The first-order valence-corrected chi connectivity index (χ1v) is 7.68. The molecule has 2 fully saturated rings. The number of hydrogen-bond donors (Lipinski definition) is 1. The summed E-state index contributed by atoms with van der Waals surface area (Å²) >= 11 is 0. The second kappa shape index (κ2) is 6.05. The summed E-state index contributed by atoms with van der Waals surface area (Å²) in [6.45, 7) is 8.47. The van der Waals surface area contributed by atoms with Crippen LogP contribution < -0.4 is 5.32 Å². The van der Waals surface area contributed by atoms with Crippen molar-refractivity contribution < 1.29 is 4.79 Å². The summed E-state index contributed by atoms with van der Waals surface area (Å²) < 4.78 is 0. The maximum atomic E-state index is 12.9. The summed E-state index contributed by atoms with van der Waals surface area (Å²) in [4.78, 5) is 15.0. The van der Waals surface area contributed by atoms with Crippen LogP contribution in [0.4, 0.5) is 0 Å². The number of rotatable bonds is 2. The predicted molar refractivity (Wildman–Crippen MR) is 74.4 cm³/mol. The molecule has 0 aromatic heterocycles. The van der Waals surface area contributed by atoms with Crippen molar-refractivity contribution in [1.29, 1.82) is 0 Å². The molecular weight excluding hydrogens is 224 g/mol. The molecule has 1 amide bonds. The van der Waals surface area contributed by atoms with E-state index >= 15 is 0 Å².